The molecule has 2 heterocycles. The zero-order chi connectivity index (χ0) is 13.4. The van der Waals surface area contributed by atoms with Crippen molar-refractivity contribution in [1.29, 1.82) is 0 Å². The summed E-state index contributed by atoms with van der Waals surface area (Å²) in [4.78, 5) is 8.52. The SMILES string of the molecule is Cc1ccc2nc(N)n(Cc3ccncc3C)c2c1. The molecule has 0 spiro atoms. The van der Waals surface area contributed by atoms with Crippen LogP contribution in [0.2, 0.25) is 0 Å². The minimum atomic E-state index is 0.553. The molecule has 3 aromatic rings. The van der Waals surface area contributed by atoms with E-state index in [1.165, 1.54) is 11.1 Å². The Hall–Kier alpha value is -2.36. The van der Waals surface area contributed by atoms with Crippen molar-refractivity contribution in [2.24, 2.45) is 0 Å². The van der Waals surface area contributed by atoms with E-state index in [1.807, 2.05) is 29.1 Å². The van der Waals surface area contributed by atoms with Gasteiger partial charge in [0.1, 0.15) is 0 Å². The summed E-state index contributed by atoms with van der Waals surface area (Å²) in [5.41, 5.74) is 11.6. The topological polar surface area (TPSA) is 56.7 Å². The minimum Gasteiger partial charge on any atom is -0.369 e. The first-order valence-electron chi connectivity index (χ1n) is 6.27. The van der Waals surface area contributed by atoms with Gasteiger partial charge < -0.3 is 10.3 Å². The average molecular weight is 252 g/mol. The molecule has 0 unspecified atom stereocenters. The van der Waals surface area contributed by atoms with Crippen LogP contribution in [0.3, 0.4) is 0 Å². The van der Waals surface area contributed by atoms with Gasteiger partial charge in [-0.1, -0.05) is 6.07 Å². The summed E-state index contributed by atoms with van der Waals surface area (Å²) >= 11 is 0. The molecule has 2 N–H and O–H groups in total. The fourth-order valence-corrected chi connectivity index (χ4v) is 2.27. The van der Waals surface area contributed by atoms with Crippen LogP contribution in [0.15, 0.2) is 36.7 Å². The Morgan fingerprint density at radius 3 is 2.84 bits per heavy atom. The average Bonchev–Trinajstić information content (AvgIpc) is 2.69. The maximum Gasteiger partial charge on any atom is 0.201 e. The van der Waals surface area contributed by atoms with Gasteiger partial charge in [-0.25, -0.2) is 4.98 Å². The molecule has 0 fully saturated rings. The van der Waals surface area contributed by atoms with Crippen LogP contribution in [0.1, 0.15) is 16.7 Å². The molecule has 1 aromatic carbocycles. The highest BCUT2D eigenvalue weighted by Gasteiger charge is 2.09. The summed E-state index contributed by atoms with van der Waals surface area (Å²) in [6.07, 6.45) is 3.68. The second kappa shape index (κ2) is 4.39. The third-order valence-electron chi connectivity index (χ3n) is 3.40. The van der Waals surface area contributed by atoms with Crippen LogP contribution in [0, 0.1) is 13.8 Å². The lowest BCUT2D eigenvalue weighted by atomic mass is 10.1. The minimum absolute atomic E-state index is 0.553. The first-order valence-corrected chi connectivity index (χ1v) is 6.27. The predicted molar refractivity (Wildman–Crippen MR) is 77.0 cm³/mol. The van der Waals surface area contributed by atoms with E-state index in [9.17, 15) is 0 Å². The standard InChI is InChI=1S/C15H16N4/c1-10-3-4-13-14(7-10)19(15(16)18-13)9-12-5-6-17-8-11(12)2/h3-8H,9H2,1-2H3,(H2,16,18). The number of nitrogens with two attached hydrogens (primary N) is 1. The molecule has 0 aliphatic rings. The number of rotatable bonds is 2. The number of hydrogen-bond acceptors (Lipinski definition) is 3. The van der Waals surface area contributed by atoms with Crippen LogP contribution in [0.5, 0.6) is 0 Å². The summed E-state index contributed by atoms with van der Waals surface area (Å²) in [6, 6.07) is 8.21. The number of aromatic nitrogens is 3. The third-order valence-corrected chi connectivity index (χ3v) is 3.40. The second-order valence-electron chi connectivity index (χ2n) is 4.85. The Kier molecular flexibility index (Phi) is 2.71. The van der Waals surface area contributed by atoms with Crippen LogP contribution in [-0.4, -0.2) is 14.5 Å². The number of nitrogens with zero attached hydrogens (tertiary/aromatic N) is 3. The predicted octanol–water partition coefficient (Wildman–Crippen LogP) is 2.68. The third kappa shape index (κ3) is 2.05. The molecule has 0 atom stereocenters. The van der Waals surface area contributed by atoms with Crippen molar-refractivity contribution < 1.29 is 0 Å². The summed E-state index contributed by atoms with van der Waals surface area (Å²) in [6.45, 7) is 4.85. The van der Waals surface area contributed by atoms with Gasteiger partial charge in [-0.05, 0) is 48.7 Å². The van der Waals surface area contributed by atoms with Crippen LogP contribution in [0.25, 0.3) is 11.0 Å². The van der Waals surface area contributed by atoms with Crippen LogP contribution < -0.4 is 5.73 Å². The molecule has 0 aliphatic carbocycles. The number of hydrogen-bond donors (Lipinski definition) is 1. The smallest absolute Gasteiger partial charge is 0.201 e. The molecular formula is C15H16N4. The summed E-state index contributed by atoms with van der Waals surface area (Å²) in [5, 5.41) is 0. The summed E-state index contributed by atoms with van der Waals surface area (Å²) in [7, 11) is 0. The second-order valence-corrected chi connectivity index (χ2v) is 4.85. The van der Waals surface area contributed by atoms with Crippen molar-refractivity contribution >= 4 is 17.0 Å². The molecular weight excluding hydrogens is 236 g/mol. The van der Waals surface area contributed by atoms with Gasteiger partial charge in [0.05, 0.1) is 17.6 Å². The van der Waals surface area contributed by atoms with E-state index in [-0.39, 0.29) is 0 Å². The number of benzene rings is 1. The lowest BCUT2D eigenvalue weighted by molar-refractivity contribution is 0.829. The lowest BCUT2D eigenvalue weighted by Crippen LogP contribution is -2.06. The van der Waals surface area contributed by atoms with E-state index >= 15 is 0 Å². The van der Waals surface area contributed by atoms with E-state index in [1.54, 1.807) is 0 Å². The maximum atomic E-state index is 6.04. The van der Waals surface area contributed by atoms with Crippen LogP contribution in [0.4, 0.5) is 5.95 Å². The molecule has 0 aliphatic heterocycles. The van der Waals surface area contributed by atoms with Crippen LogP contribution >= 0.6 is 0 Å². The van der Waals surface area contributed by atoms with E-state index in [4.69, 9.17) is 5.73 Å². The number of imidazole rings is 1. The van der Waals surface area contributed by atoms with Gasteiger partial charge in [0.2, 0.25) is 5.95 Å². The zero-order valence-corrected chi connectivity index (χ0v) is 11.1. The Labute approximate surface area is 111 Å². The van der Waals surface area contributed by atoms with E-state index in [0.29, 0.717) is 5.95 Å². The monoisotopic (exact) mass is 252 g/mol. The molecule has 0 saturated heterocycles. The van der Waals surface area contributed by atoms with Crippen molar-refractivity contribution in [2.45, 2.75) is 20.4 Å². The lowest BCUT2D eigenvalue weighted by Gasteiger charge is -2.09. The number of anilines is 1. The normalized spacial score (nSPS) is 11.1. The molecule has 2 aromatic heterocycles. The van der Waals surface area contributed by atoms with Gasteiger partial charge in [-0.2, -0.15) is 0 Å². The first-order chi connectivity index (χ1) is 9.15. The fourth-order valence-electron chi connectivity index (χ4n) is 2.27. The van der Waals surface area contributed by atoms with Crippen molar-refractivity contribution in [1.82, 2.24) is 14.5 Å². The highest BCUT2D eigenvalue weighted by molar-refractivity contribution is 5.79. The first kappa shape index (κ1) is 11.7. The van der Waals surface area contributed by atoms with Gasteiger partial charge in [0.15, 0.2) is 0 Å². The fraction of sp³-hybridized carbons (Fsp3) is 0.200. The highest BCUT2D eigenvalue weighted by Crippen LogP contribution is 2.21. The quantitative estimate of drug-likeness (QED) is 0.763. The summed E-state index contributed by atoms with van der Waals surface area (Å²) < 4.78 is 2.05. The molecule has 0 amide bonds. The molecule has 4 nitrogen and oxygen atoms in total. The number of nitrogen functional groups attached to an aromatic ring is 1. The van der Waals surface area contributed by atoms with E-state index in [0.717, 1.165) is 23.1 Å². The molecule has 4 heteroatoms. The van der Waals surface area contributed by atoms with Crippen LogP contribution in [-0.2, 0) is 6.54 Å². The molecule has 0 radical (unpaired) electrons. The Morgan fingerprint density at radius 1 is 1.21 bits per heavy atom. The van der Waals surface area contributed by atoms with Gasteiger partial charge in [0.25, 0.3) is 0 Å². The zero-order valence-electron chi connectivity index (χ0n) is 11.1. The van der Waals surface area contributed by atoms with Crippen molar-refractivity contribution in [2.75, 3.05) is 5.73 Å². The highest BCUT2D eigenvalue weighted by atomic mass is 15.1. The molecule has 19 heavy (non-hydrogen) atoms. The Morgan fingerprint density at radius 2 is 2.05 bits per heavy atom. The number of aryl methyl sites for hydroxylation is 2. The molecule has 0 saturated carbocycles. The molecule has 0 bridgehead atoms. The van der Waals surface area contributed by atoms with Gasteiger partial charge in [-0.3, -0.25) is 4.98 Å². The van der Waals surface area contributed by atoms with Crippen molar-refractivity contribution in [3.05, 3.63) is 53.3 Å². The van der Waals surface area contributed by atoms with Crippen molar-refractivity contribution in [3.8, 4) is 0 Å². The number of fused-ring (bicyclic) bond motifs is 1. The largest absolute Gasteiger partial charge is 0.369 e. The van der Waals surface area contributed by atoms with Crippen molar-refractivity contribution in [3.63, 3.8) is 0 Å². The maximum absolute atomic E-state index is 6.04. The Bertz CT molecular complexity index is 743. The van der Waals surface area contributed by atoms with Gasteiger partial charge in [0, 0.05) is 12.4 Å². The Balaban J connectivity index is 2.12. The number of pyridine rings is 1. The van der Waals surface area contributed by atoms with E-state index in [2.05, 4.69) is 35.9 Å². The van der Waals surface area contributed by atoms with Gasteiger partial charge >= 0.3 is 0 Å². The van der Waals surface area contributed by atoms with E-state index < -0.39 is 0 Å². The molecule has 96 valence electrons. The summed E-state index contributed by atoms with van der Waals surface area (Å²) in [5.74, 6) is 0.553. The molecule has 3 rings (SSSR count). The van der Waals surface area contributed by atoms with Gasteiger partial charge in [-0.15, -0.1) is 0 Å².